The summed E-state index contributed by atoms with van der Waals surface area (Å²) in [6.45, 7) is 3.17. The molecule has 0 spiro atoms. The molecule has 0 bridgehead atoms. The lowest BCUT2D eigenvalue weighted by molar-refractivity contribution is 0.340. The van der Waals surface area contributed by atoms with Crippen LogP contribution in [0.2, 0.25) is 5.02 Å². The molecule has 2 nitrogen and oxygen atoms in total. The topological polar surface area (TPSA) is 21.3 Å². The Bertz CT molecular complexity index is 542. The first kappa shape index (κ1) is 13.7. The third-order valence-electron chi connectivity index (χ3n) is 2.65. The van der Waals surface area contributed by atoms with Gasteiger partial charge in [0.2, 0.25) is 0 Å². The number of hydrogen-bond donors (Lipinski definition) is 1. The molecule has 19 heavy (non-hydrogen) atoms. The van der Waals surface area contributed by atoms with Gasteiger partial charge in [0.15, 0.2) is 0 Å². The fraction of sp³-hybridized carbons (Fsp3) is 0.200. The first-order valence-corrected chi connectivity index (χ1v) is 6.47. The van der Waals surface area contributed by atoms with E-state index >= 15 is 0 Å². The van der Waals surface area contributed by atoms with Crippen LogP contribution in [0.5, 0.6) is 5.75 Å². The van der Waals surface area contributed by atoms with Gasteiger partial charge in [-0.1, -0.05) is 23.7 Å². The van der Waals surface area contributed by atoms with Gasteiger partial charge in [0.1, 0.15) is 11.6 Å². The van der Waals surface area contributed by atoms with Crippen LogP contribution in [0.1, 0.15) is 12.5 Å². The van der Waals surface area contributed by atoms with E-state index in [1.165, 1.54) is 18.2 Å². The molecule has 1 N–H and O–H groups in total. The second-order valence-corrected chi connectivity index (χ2v) is 4.46. The third-order valence-corrected chi connectivity index (χ3v) is 2.98. The summed E-state index contributed by atoms with van der Waals surface area (Å²) < 4.78 is 18.5. The zero-order chi connectivity index (χ0) is 13.7. The highest BCUT2D eigenvalue weighted by Crippen LogP contribution is 2.23. The van der Waals surface area contributed by atoms with Gasteiger partial charge >= 0.3 is 0 Å². The molecule has 0 saturated carbocycles. The largest absolute Gasteiger partial charge is 0.494 e. The van der Waals surface area contributed by atoms with Crippen LogP contribution in [0.15, 0.2) is 42.5 Å². The number of rotatable bonds is 5. The van der Waals surface area contributed by atoms with Crippen LogP contribution in [0, 0.1) is 5.82 Å². The van der Waals surface area contributed by atoms with Crippen molar-refractivity contribution in [3.05, 3.63) is 58.9 Å². The highest BCUT2D eigenvalue weighted by atomic mass is 35.5. The lowest BCUT2D eigenvalue weighted by Gasteiger charge is -2.09. The summed E-state index contributed by atoms with van der Waals surface area (Å²) in [5.74, 6) is 0.536. The molecule has 4 heteroatoms. The van der Waals surface area contributed by atoms with Crippen molar-refractivity contribution in [2.24, 2.45) is 0 Å². The molecule has 0 amide bonds. The Kier molecular flexibility index (Phi) is 4.63. The zero-order valence-corrected chi connectivity index (χ0v) is 11.4. The maximum Gasteiger partial charge on any atom is 0.125 e. The van der Waals surface area contributed by atoms with Crippen molar-refractivity contribution in [2.75, 3.05) is 11.9 Å². The second kappa shape index (κ2) is 6.43. The van der Waals surface area contributed by atoms with Gasteiger partial charge in [-0.3, -0.25) is 0 Å². The van der Waals surface area contributed by atoms with E-state index in [9.17, 15) is 4.39 Å². The van der Waals surface area contributed by atoms with E-state index in [1.807, 2.05) is 31.2 Å². The Morgan fingerprint density at radius 1 is 1.16 bits per heavy atom. The fourth-order valence-electron chi connectivity index (χ4n) is 1.70. The van der Waals surface area contributed by atoms with Gasteiger partial charge in [0.25, 0.3) is 0 Å². The second-order valence-electron chi connectivity index (χ2n) is 4.05. The summed E-state index contributed by atoms with van der Waals surface area (Å²) in [6.07, 6.45) is 0. The molecule has 100 valence electrons. The Labute approximate surface area is 117 Å². The minimum Gasteiger partial charge on any atom is -0.494 e. The van der Waals surface area contributed by atoms with Crippen molar-refractivity contribution < 1.29 is 9.13 Å². The van der Waals surface area contributed by atoms with E-state index in [4.69, 9.17) is 16.3 Å². The molecule has 0 saturated heterocycles. The van der Waals surface area contributed by atoms with Crippen LogP contribution in [0.4, 0.5) is 10.1 Å². The average Bonchev–Trinajstić information content (AvgIpc) is 2.42. The lowest BCUT2D eigenvalue weighted by atomic mass is 10.2. The highest BCUT2D eigenvalue weighted by molar-refractivity contribution is 6.33. The molecule has 2 aromatic rings. The molecule has 0 radical (unpaired) electrons. The third kappa shape index (κ3) is 3.86. The SMILES string of the molecule is CCOc1ccc(CNc2cc(F)ccc2Cl)cc1. The van der Waals surface area contributed by atoms with E-state index in [1.54, 1.807) is 0 Å². The number of benzene rings is 2. The molecule has 0 atom stereocenters. The van der Waals surface area contributed by atoms with Gasteiger partial charge in [-0.15, -0.1) is 0 Å². The minimum absolute atomic E-state index is 0.307. The lowest BCUT2D eigenvalue weighted by Crippen LogP contribution is -2.00. The predicted octanol–water partition coefficient (Wildman–Crippen LogP) is 4.49. The van der Waals surface area contributed by atoms with Crippen molar-refractivity contribution in [3.8, 4) is 5.75 Å². The molecule has 0 aliphatic rings. The van der Waals surface area contributed by atoms with Crippen molar-refractivity contribution in [1.29, 1.82) is 0 Å². The summed E-state index contributed by atoms with van der Waals surface area (Å²) in [5.41, 5.74) is 1.67. The smallest absolute Gasteiger partial charge is 0.125 e. The van der Waals surface area contributed by atoms with E-state index in [0.717, 1.165) is 11.3 Å². The maximum atomic E-state index is 13.1. The van der Waals surface area contributed by atoms with Crippen molar-refractivity contribution in [3.63, 3.8) is 0 Å². The molecule has 2 aromatic carbocycles. The van der Waals surface area contributed by atoms with Crippen LogP contribution in [-0.4, -0.2) is 6.61 Å². The number of hydrogen-bond acceptors (Lipinski definition) is 2. The first-order valence-electron chi connectivity index (χ1n) is 6.09. The molecular weight excluding hydrogens is 265 g/mol. The summed E-state index contributed by atoms with van der Waals surface area (Å²) in [7, 11) is 0. The number of ether oxygens (including phenoxy) is 1. The Morgan fingerprint density at radius 2 is 1.89 bits per heavy atom. The fourth-order valence-corrected chi connectivity index (χ4v) is 1.88. The summed E-state index contributed by atoms with van der Waals surface area (Å²) in [5, 5.41) is 3.62. The van der Waals surface area contributed by atoms with Crippen LogP contribution in [-0.2, 0) is 6.54 Å². The number of nitrogens with one attached hydrogen (secondary N) is 1. The first-order chi connectivity index (χ1) is 9.19. The number of halogens is 2. The van der Waals surface area contributed by atoms with Gasteiger partial charge in [0.05, 0.1) is 17.3 Å². The minimum atomic E-state index is -0.307. The van der Waals surface area contributed by atoms with Crippen LogP contribution in [0.25, 0.3) is 0 Å². The van der Waals surface area contributed by atoms with E-state index < -0.39 is 0 Å². The van der Waals surface area contributed by atoms with Crippen LogP contribution >= 0.6 is 11.6 Å². The van der Waals surface area contributed by atoms with Crippen molar-refractivity contribution >= 4 is 17.3 Å². The molecular formula is C15H15ClFNO. The Balaban J connectivity index is 2.00. The van der Waals surface area contributed by atoms with E-state index in [2.05, 4.69) is 5.32 Å². The average molecular weight is 280 g/mol. The standard InChI is InChI=1S/C15H15ClFNO/c1-2-19-13-6-3-11(4-7-13)10-18-15-9-12(17)5-8-14(15)16/h3-9,18H,2,10H2,1H3. The van der Waals surface area contributed by atoms with Crippen LogP contribution < -0.4 is 10.1 Å². The Morgan fingerprint density at radius 3 is 2.58 bits per heavy atom. The molecule has 0 aromatic heterocycles. The van der Waals surface area contributed by atoms with Gasteiger partial charge in [-0.2, -0.15) is 0 Å². The van der Waals surface area contributed by atoms with Gasteiger partial charge in [-0.25, -0.2) is 4.39 Å². The monoisotopic (exact) mass is 279 g/mol. The zero-order valence-electron chi connectivity index (χ0n) is 10.6. The van der Waals surface area contributed by atoms with Gasteiger partial charge in [-0.05, 0) is 42.8 Å². The molecule has 2 rings (SSSR count). The summed E-state index contributed by atoms with van der Waals surface area (Å²) >= 11 is 5.98. The van der Waals surface area contributed by atoms with E-state index in [-0.39, 0.29) is 5.82 Å². The summed E-state index contributed by atoms with van der Waals surface area (Å²) in [6, 6.07) is 12.0. The van der Waals surface area contributed by atoms with E-state index in [0.29, 0.717) is 23.9 Å². The molecule has 0 unspecified atom stereocenters. The molecule has 0 aliphatic carbocycles. The normalized spacial score (nSPS) is 10.3. The number of anilines is 1. The predicted molar refractivity (Wildman–Crippen MR) is 76.3 cm³/mol. The van der Waals surface area contributed by atoms with Gasteiger partial charge in [0, 0.05) is 6.54 Å². The molecule has 0 aliphatic heterocycles. The highest BCUT2D eigenvalue weighted by Gasteiger charge is 2.02. The maximum absolute atomic E-state index is 13.1. The van der Waals surface area contributed by atoms with Crippen molar-refractivity contribution in [1.82, 2.24) is 0 Å². The van der Waals surface area contributed by atoms with Crippen molar-refractivity contribution in [2.45, 2.75) is 13.5 Å². The summed E-state index contributed by atoms with van der Waals surface area (Å²) in [4.78, 5) is 0. The quantitative estimate of drug-likeness (QED) is 0.871. The molecule has 0 heterocycles. The Hall–Kier alpha value is -1.74. The van der Waals surface area contributed by atoms with Gasteiger partial charge < -0.3 is 10.1 Å². The van der Waals surface area contributed by atoms with Crippen LogP contribution in [0.3, 0.4) is 0 Å². The molecule has 0 fully saturated rings.